The van der Waals surface area contributed by atoms with E-state index in [-0.39, 0.29) is 17.7 Å². The van der Waals surface area contributed by atoms with E-state index in [1.807, 2.05) is 75.4 Å². The molecule has 0 aliphatic heterocycles. The molecule has 0 heterocycles. The first-order valence-corrected chi connectivity index (χ1v) is 10.7. The number of hydrogen-bond donors (Lipinski definition) is 2. The van der Waals surface area contributed by atoms with Crippen LogP contribution in [0.25, 0.3) is 0 Å². The second-order valence-electron chi connectivity index (χ2n) is 7.65. The number of nitrogens with zero attached hydrogens (tertiary/aromatic N) is 1. The molecule has 3 atom stereocenters. The standard InChI is InChI=1S/C24H32N2O3S/c1-6-17(2)24(3,30)23(28)26(19-10-8-7-9-11-19)21(22(27)25-4)16-18-12-14-20(29-5)15-13-18/h7-15,17,21,30H,6,16H2,1-5H3,(H,25,27)/t17?,21-,24?/m0/s1. The van der Waals surface area contributed by atoms with Gasteiger partial charge in [-0.15, -0.1) is 0 Å². The van der Waals surface area contributed by atoms with Crippen molar-refractivity contribution in [2.45, 2.75) is 44.4 Å². The van der Waals surface area contributed by atoms with Crippen molar-refractivity contribution in [2.75, 3.05) is 19.1 Å². The summed E-state index contributed by atoms with van der Waals surface area (Å²) in [5.74, 6) is 0.363. The SMILES string of the molecule is CCC(C)C(C)(S)C(=O)N(c1ccccc1)[C@@H](Cc1ccc(OC)cc1)C(=O)NC. The topological polar surface area (TPSA) is 58.6 Å². The lowest BCUT2D eigenvalue weighted by Crippen LogP contribution is -2.56. The Labute approximate surface area is 185 Å². The number of likely N-dealkylation sites (N-methyl/N-ethyl adjacent to an activating group) is 1. The molecule has 162 valence electrons. The van der Waals surface area contributed by atoms with Gasteiger partial charge in [-0.3, -0.25) is 14.5 Å². The summed E-state index contributed by atoms with van der Waals surface area (Å²) < 4.78 is 4.31. The van der Waals surface area contributed by atoms with Crippen molar-refractivity contribution in [1.29, 1.82) is 0 Å². The fraction of sp³-hybridized carbons (Fsp3) is 0.417. The molecule has 2 rings (SSSR count). The number of hydrogen-bond acceptors (Lipinski definition) is 4. The summed E-state index contributed by atoms with van der Waals surface area (Å²) in [4.78, 5) is 28.3. The van der Waals surface area contributed by atoms with Gasteiger partial charge in [0, 0.05) is 19.2 Å². The van der Waals surface area contributed by atoms with Crippen LogP contribution in [0.1, 0.15) is 32.8 Å². The second-order valence-corrected chi connectivity index (χ2v) is 8.58. The van der Waals surface area contributed by atoms with Crippen molar-refractivity contribution in [3.8, 4) is 5.75 Å². The van der Waals surface area contributed by atoms with Crippen LogP contribution in [0, 0.1) is 5.92 Å². The highest BCUT2D eigenvalue weighted by atomic mass is 32.1. The third-order valence-electron chi connectivity index (χ3n) is 5.71. The maximum atomic E-state index is 13.8. The lowest BCUT2D eigenvalue weighted by molar-refractivity contribution is -0.127. The number of methoxy groups -OCH3 is 1. The number of nitrogens with one attached hydrogen (secondary N) is 1. The van der Waals surface area contributed by atoms with Crippen LogP contribution in [0.4, 0.5) is 5.69 Å². The van der Waals surface area contributed by atoms with Gasteiger partial charge in [0.2, 0.25) is 11.8 Å². The normalized spacial score (nSPS) is 14.9. The van der Waals surface area contributed by atoms with Gasteiger partial charge in [-0.25, -0.2) is 0 Å². The van der Waals surface area contributed by atoms with E-state index in [1.54, 1.807) is 19.1 Å². The molecule has 0 aromatic heterocycles. The quantitative estimate of drug-likeness (QED) is 0.591. The van der Waals surface area contributed by atoms with E-state index in [1.165, 1.54) is 0 Å². The van der Waals surface area contributed by atoms with Gasteiger partial charge in [0.05, 0.1) is 11.9 Å². The molecular formula is C24H32N2O3S. The highest BCUT2D eigenvalue weighted by Crippen LogP contribution is 2.33. The zero-order valence-corrected chi connectivity index (χ0v) is 19.3. The molecule has 0 bridgehead atoms. The number of rotatable bonds is 9. The smallest absolute Gasteiger partial charge is 0.243 e. The van der Waals surface area contributed by atoms with Gasteiger partial charge < -0.3 is 10.1 Å². The Kier molecular flexibility index (Phi) is 8.35. The second kappa shape index (κ2) is 10.5. The Hall–Kier alpha value is -2.47. The first-order valence-electron chi connectivity index (χ1n) is 10.2. The molecule has 0 aliphatic carbocycles. The number of ether oxygens (including phenoxy) is 1. The Morgan fingerprint density at radius 1 is 1.13 bits per heavy atom. The zero-order chi connectivity index (χ0) is 22.3. The largest absolute Gasteiger partial charge is 0.497 e. The van der Waals surface area contributed by atoms with Gasteiger partial charge in [-0.05, 0) is 42.7 Å². The average molecular weight is 429 g/mol. The van der Waals surface area contributed by atoms with Gasteiger partial charge in [-0.1, -0.05) is 50.6 Å². The zero-order valence-electron chi connectivity index (χ0n) is 18.4. The molecule has 0 radical (unpaired) electrons. The van der Waals surface area contributed by atoms with Gasteiger partial charge in [0.25, 0.3) is 0 Å². The van der Waals surface area contributed by atoms with Crippen molar-refractivity contribution >= 4 is 30.1 Å². The van der Waals surface area contributed by atoms with E-state index in [0.717, 1.165) is 17.7 Å². The Balaban J connectivity index is 2.52. The molecule has 2 aromatic rings. The summed E-state index contributed by atoms with van der Waals surface area (Å²) in [7, 11) is 3.20. The van der Waals surface area contributed by atoms with E-state index in [4.69, 9.17) is 17.4 Å². The maximum Gasteiger partial charge on any atom is 0.243 e. The minimum absolute atomic E-state index is 0.0332. The summed E-state index contributed by atoms with van der Waals surface area (Å²) in [5, 5.41) is 2.73. The molecule has 0 spiro atoms. The van der Waals surface area contributed by atoms with Crippen molar-refractivity contribution in [1.82, 2.24) is 5.32 Å². The molecule has 6 heteroatoms. The van der Waals surface area contributed by atoms with Crippen LogP contribution in [0.15, 0.2) is 54.6 Å². The number of thiol groups is 1. The Morgan fingerprint density at radius 3 is 2.23 bits per heavy atom. The van der Waals surface area contributed by atoms with E-state index < -0.39 is 10.8 Å². The number of anilines is 1. The van der Waals surface area contributed by atoms with Crippen molar-refractivity contribution in [3.05, 3.63) is 60.2 Å². The number of amides is 2. The average Bonchev–Trinajstić information content (AvgIpc) is 2.78. The van der Waals surface area contributed by atoms with Gasteiger partial charge in [-0.2, -0.15) is 12.6 Å². The van der Waals surface area contributed by atoms with Crippen LogP contribution in [0.5, 0.6) is 5.75 Å². The molecule has 0 aliphatic rings. The van der Waals surface area contributed by atoms with Crippen LogP contribution in [-0.2, 0) is 16.0 Å². The van der Waals surface area contributed by atoms with Gasteiger partial charge in [0.1, 0.15) is 11.8 Å². The lowest BCUT2D eigenvalue weighted by Gasteiger charge is -2.38. The summed E-state index contributed by atoms with van der Waals surface area (Å²) in [6.07, 6.45) is 1.17. The fourth-order valence-electron chi connectivity index (χ4n) is 3.33. The monoisotopic (exact) mass is 428 g/mol. The molecule has 2 aromatic carbocycles. The predicted molar refractivity (Wildman–Crippen MR) is 125 cm³/mol. The summed E-state index contributed by atoms with van der Waals surface area (Å²) in [6.45, 7) is 5.87. The lowest BCUT2D eigenvalue weighted by atomic mass is 9.89. The predicted octanol–water partition coefficient (Wildman–Crippen LogP) is 4.12. The van der Waals surface area contributed by atoms with Crippen molar-refractivity contribution in [2.24, 2.45) is 5.92 Å². The first kappa shape index (κ1) is 23.8. The van der Waals surface area contributed by atoms with Crippen LogP contribution in [0.3, 0.4) is 0 Å². The van der Waals surface area contributed by atoms with Crippen molar-refractivity contribution in [3.63, 3.8) is 0 Å². The minimum atomic E-state index is -0.920. The summed E-state index contributed by atoms with van der Waals surface area (Å²) >= 11 is 4.75. The molecule has 2 amide bonds. The maximum absolute atomic E-state index is 13.8. The van der Waals surface area contributed by atoms with Crippen LogP contribution in [-0.4, -0.2) is 36.8 Å². The fourth-order valence-corrected chi connectivity index (χ4v) is 3.62. The van der Waals surface area contributed by atoms with Crippen molar-refractivity contribution < 1.29 is 14.3 Å². The number of para-hydroxylation sites is 1. The highest BCUT2D eigenvalue weighted by Gasteiger charge is 2.42. The minimum Gasteiger partial charge on any atom is -0.497 e. The van der Waals surface area contributed by atoms with E-state index in [9.17, 15) is 9.59 Å². The molecule has 1 N–H and O–H groups in total. The van der Waals surface area contributed by atoms with Gasteiger partial charge >= 0.3 is 0 Å². The highest BCUT2D eigenvalue weighted by molar-refractivity contribution is 7.82. The van der Waals surface area contributed by atoms with E-state index in [2.05, 4.69) is 5.32 Å². The number of carbonyl (C=O) groups is 2. The van der Waals surface area contributed by atoms with Crippen LogP contribution >= 0.6 is 12.6 Å². The Morgan fingerprint density at radius 2 is 1.73 bits per heavy atom. The molecule has 30 heavy (non-hydrogen) atoms. The molecule has 0 saturated carbocycles. The summed E-state index contributed by atoms with van der Waals surface area (Å²) in [5.41, 5.74) is 1.61. The number of carbonyl (C=O) groups excluding carboxylic acids is 2. The van der Waals surface area contributed by atoms with Crippen LogP contribution < -0.4 is 15.0 Å². The first-order chi connectivity index (χ1) is 14.3. The molecule has 0 fully saturated rings. The third-order valence-corrected chi connectivity index (χ3v) is 6.34. The van der Waals surface area contributed by atoms with Gasteiger partial charge in [0.15, 0.2) is 0 Å². The number of benzene rings is 2. The Bertz CT molecular complexity index is 837. The molecular weight excluding hydrogens is 396 g/mol. The van der Waals surface area contributed by atoms with Crippen LogP contribution in [0.2, 0.25) is 0 Å². The van der Waals surface area contributed by atoms with E-state index >= 15 is 0 Å². The molecule has 2 unspecified atom stereocenters. The van der Waals surface area contributed by atoms with E-state index in [0.29, 0.717) is 12.1 Å². The summed E-state index contributed by atoms with van der Waals surface area (Å²) in [6, 6.07) is 16.1. The molecule has 5 nitrogen and oxygen atoms in total. The third kappa shape index (κ3) is 5.36. The molecule has 0 saturated heterocycles.